The average Bonchev–Trinajstić information content (AvgIpc) is 2.05. The van der Waals surface area contributed by atoms with Gasteiger partial charge in [-0.15, -0.1) is 0 Å². The Morgan fingerprint density at radius 3 is 2.64 bits per heavy atom. The summed E-state index contributed by atoms with van der Waals surface area (Å²) < 4.78 is 0. The fourth-order valence-corrected chi connectivity index (χ4v) is 1.54. The van der Waals surface area contributed by atoms with E-state index in [1.54, 1.807) is 5.57 Å². The lowest BCUT2D eigenvalue weighted by Gasteiger charge is -2.26. The zero-order valence-corrected chi connectivity index (χ0v) is 7.93. The highest BCUT2D eigenvalue weighted by atomic mass is 15.1. The van der Waals surface area contributed by atoms with Crippen LogP contribution in [0.15, 0.2) is 11.6 Å². The van der Waals surface area contributed by atoms with Crippen molar-refractivity contribution in [1.29, 1.82) is 0 Å². The first-order chi connectivity index (χ1) is 5.24. The van der Waals surface area contributed by atoms with Crippen molar-refractivity contribution in [3.63, 3.8) is 0 Å². The van der Waals surface area contributed by atoms with Crippen molar-refractivity contribution in [3.8, 4) is 0 Å². The predicted molar refractivity (Wildman–Crippen MR) is 49.7 cm³/mol. The van der Waals surface area contributed by atoms with Gasteiger partial charge in [0, 0.05) is 13.1 Å². The zero-order valence-electron chi connectivity index (χ0n) is 7.93. The number of hydrogen-bond acceptors (Lipinski definition) is 1. The highest BCUT2D eigenvalue weighted by Crippen LogP contribution is 2.17. The van der Waals surface area contributed by atoms with E-state index in [2.05, 4.69) is 31.7 Å². The predicted octanol–water partition coefficient (Wildman–Crippen LogP) is 2.29. The molecule has 0 aliphatic carbocycles. The molecule has 0 saturated heterocycles. The molecule has 0 radical (unpaired) electrons. The Morgan fingerprint density at radius 2 is 2.27 bits per heavy atom. The summed E-state index contributed by atoms with van der Waals surface area (Å²) in [5.41, 5.74) is 1.65. The maximum absolute atomic E-state index is 2.48. The van der Waals surface area contributed by atoms with E-state index >= 15 is 0 Å². The first kappa shape index (κ1) is 8.79. The van der Waals surface area contributed by atoms with Gasteiger partial charge in [-0.25, -0.2) is 0 Å². The lowest BCUT2D eigenvalue weighted by Crippen LogP contribution is -2.29. The summed E-state index contributed by atoms with van der Waals surface area (Å²) in [6, 6.07) is 0. The molecular formula is C10H19N. The van der Waals surface area contributed by atoms with Crippen molar-refractivity contribution >= 4 is 0 Å². The minimum atomic E-state index is 0.758. The van der Waals surface area contributed by atoms with Gasteiger partial charge in [-0.2, -0.15) is 0 Å². The Hall–Kier alpha value is -0.300. The molecule has 0 bridgehead atoms. The maximum Gasteiger partial charge on any atom is 0.0165 e. The van der Waals surface area contributed by atoms with Crippen LogP contribution in [0.5, 0.6) is 0 Å². The Balaban J connectivity index is 2.44. The Labute approximate surface area is 70.1 Å². The molecule has 0 N–H and O–H groups in total. The van der Waals surface area contributed by atoms with Crippen LogP contribution in [0.4, 0.5) is 0 Å². The van der Waals surface area contributed by atoms with Crippen molar-refractivity contribution in [2.75, 3.05) is 19.6 Å². The Bertz CT molecular complexity index is 147. The molecule has 0 unspecified atom stereocenters. The van der Waals surface area contributed by atoms with E-state index in [0.29, 0.717) is 0 Å². The van der Waals surface area contributed by atoms with E-state index in [1.165, 1.54) is 26.1 Å². The molecule has 1 aliphatic heterocycles. The van der Waals surface area contributed by atoms with Crippen molar-refractivity contribution in [1.82, 2.24) is 4.90 Å². The van der Waals surface area contributed by atoms with Crippen LogP contribution < -0.4 is 0 Å². The summed E-state index contributed by atoms with van der Waals surface area (Å²) >= 11 is 0. The summed E-state index contributed by atoms with van der Waals surface area (Å²) in [5.74, 6) is 0.758. The number of nitrogens with zero attached hydrogens (tertiary/aromatic N) is 1. The first-order valence-corrected chi connectivity index (χ1v) is 4.65. The minimum Gasteiger partial charge on any atom is -0.300 e. The van der Waals surface area contributed by atoms with Crippen LogP contribution in [-0.4, -0.2) is 24.5 Å². The Kier molecular flexibility index (Phi) is 3.13. The summed E-state index contributed by atoms with van der Waals surface area (Å²) in [6.45, 7) is 10.4. The van der Waals surface area contributed by atoms with E-state index < -0.39 is 0 Å². The molecule has 0 atom stereocenters. The molecule has 1 heteroatoms. The highest BCUT2D eigenvalue weighted by Gasteiger charge is 2.11. The second kappa shape index (κ2) is 3.91. The summed E-state index contributed by atoms with van der Waals surface area (Å²) in [7, 11) is 0. The van der Waals surface area contributed by atoms with E-state index in [0.717, 1.165) is 5.92 Å². The highest BCUT2D eigenvalue weighted by molar-refractivity contribution is 5.09. The van der Waals surface area contributed by atoms with Crippen molar-refractivity contribution in [3.05, 3.63) is 11.6 Å². The van der Waals surface area contributed by atoms with Gasteiger partial charge in [0.25, 0.3) is 0 Å². The van der Waals surface area contributed by atoms with Gasteiger partial charge in [-0.1, -0.05) is 32.4 Å². The number of rotatable bonds is 2. The first-order valence-electron chi connectivity index (χ1n) is 4.65. The summed E-state index contributed by atoms with van der Waals surface area (Å²) in [5, 5.41) is 0. The lowest BCUT2D eigenvalue weighted by molar-refractivity contribution is 0.304. The van der Waals surface area contributed by atoms with Gasteiger partial charge in [0.05, 0.1) is 0 Å². The average molecular weight is 153 g/mol. The normalized spacial score (nSPS) is 20.5. The second-order valence-electron chi connectivity index (χ2n) is 3.58. The SMILES string of the molecule is CCN1CC=C(C(C)C)CC1. The van der Waals surface area contributed by atoms with E-state index in [9.17, 15) is 0 Å². The molecular weight excluding hydrogens is 134 g/mol. The fourth-order valence-electron chi connectivity index (χ4n) is 1.54. The third-order valence-corrected chi connectivity index (χ3v) is 2.52. The van der Waals surface area contributed by atoms with Crippen molar-refractivity contribution < 1.29 is 0 Å². The largest absolute Gasteiger partial charge is 0.300 e. The zero-order chi connectivity index (χ0) is 8.27. The van der Waals surface area contributed by atoms with E-state index in [-0.39, 0.29) is 0 Å². The third-order valence-electron chi connectivity index (χ3n) is 2.52. The summed E-state index contributed by atoms with van der Waals surface area (Å²) in [4.78, 5) is 2.48. The molecule has 1 heterocycles. The van der Waals surface area contributed by atoms with Crippen molar-refractivity contribution in [2.45, 2.75) is 27.2 Å². The van der Waals surface area contributed by atoms with Gasteiger partial charge >= 0.3 is 0 Å². The molecule has 0 aromatic rings. The van der Waals surface area contributed by atoms with Crippen LogP contribution >= 0.6 is 0 Å². The van der Waals surface area contributed by atoms with Gasteiger partial charge in [0.2, 0.25) is 0 Å². The molecule has 64 valence electrons. The van der Waals surface area contributed by atoms with Crippen LogP contribution in [0.2, 0.25) is 0 Å². The summed E-state index contributed by atoms with van der Waals surface area (Å²) in [6.07, 6.45) is 3.68. The van der Waals surface area contributed by atoms with Crippen LogP contribution in [0.25, 0.3) is 0 Å². The monoisotopic (exact) mass is 153 g/mol. The lowest BCUT2D eigenvalue weighted by atomic mass is 9.97. The van der Waals surface area contributed by atoms with Gasteiger partial charge in [0.1, 0.15) is 0 Å². The van der Waals surface area contributed by atoms with E-state index in [1.807, 2.05) is 0 Å². The minimum absolute atomic E-state index is 0.758. The molecule has 0 aromatic carbocycles. The number of hydrogen-bond donors (Lipinski definition) is 0. The van der Waals surface area contributed by atoms with Crippen molar-refractivity contribution in [2.24, 2.45) is 5.92 Å². The number of likely N-dealkylation sites (N-methyl/N-ethyl adjacent to an activating group) is 1. The van der Waals surface area contributed by atoms with Crippen LogP contribution in [0, 0.1) is 5.92 Å². The van der Waals surface area contributed by atoms with Gasteiger partial charge < -0.3 is 0 Å². The molecule has 1 aliphatic rings. The second-order valence-corrected chi connectivity index (χ2v) is 3.58. The molecule has 0 fully saturated rings. The molecule has 0 amide bonds. The standard InChI is InChI=1S/C10H19N/c1-4-11-7-5-10(6-8-11)9(2)3/h5,9H,4,6-8H2,1-3H3. The maximum atomic E-state index is 2.48. The fraction of sp³-hybridized carbons (Fsp3) is 0.800. The van der Waals surface area contributed by atoms with Gasteiger partial charge in [-0.3, -0.25) is 4.90 Å². The van der Waals surface area contributed by atoms with Gasteiger partial charge in [0.15, 0.2) is 0 Å². The van der Waals surface area contributed by atoms with E-state index in [4.69, 9.17) is 0 Å². The third kappa shape index (κ3) is 2.33. The molecule has 0 spiro atoms. The molecule has 1 rings (SSSR count). The quantitative estimate of drug-likeness (QED) is 0.550. The molecule has 11 heavy (non-hydrogen) atoms. The van der Waals surface area contributed by atoms with Crippen LogP contribution in [-0.2, 0) is 0 Å². The topological polar surface area (TPSA) is 3.24 Å². The smallest absolute Gasteiger partial charge is 0.0165 e. The van der Waals surface area contributed by atoms with Gasteiger partial charge in [-0.05, 0) is 18.9 Å². The molecule has 0 saturated carbocycles. The van der Waals surface area contributed by atoms with Crippen LogP contribution in [0.3, 0.4) is 0 Å². The van der Waals surface area contributed by atoms with Crippen LogP contribution in [0.1, 0.15) is 27.2 Å². The molecule has 1 nitrogen and oxygen atoms in total. The Morgan fingerprint density at radius 1 is 1.55 bits per heavy atom. The molecule has 0 aromatic heterocycles.